The van der Waals surface area contributed by atoms with Gasteiger partial charge in [-0.2, -0.15) is 4.37 Å². The van der Waals surface area contributed by atoms with Crippen LogP contribution < -0.4 is 0 Å². The van der Waals surface area contributed by atoms with Crippen molar-refractivity contribution in [3.05, 3.63) is 71.4 Å². The summed E-state index contributed by atoms with van der Waals surface area (Å²) in [6.45, 7) is 4.16. The van der Waals surface area contributed by atoms with Gasteiger partial charge in [0.15, 0.2) is 0 Å². The van der Waals surface area contributed by atoms with Crippen LogP contribution in [0.1, 0.15) is 72.9 Å². The molecule has 3 fully saturated rings. The Bertz CT molecular complexity index is 1560. The van der Waals surface area contributed by atoms with E-state index in [1.54, 1.807) is 17.0 Å². The predicted molar refractivity (Wildman–Crippen MR) is 156 cm³/mol. The molecule has 3 aliphatic rings. The minimum Gasteiger partial charge on any atom is -0.491 e. The fourth-order valence-electron chi connectivity index (χ4n) is 7.90. The summed E-state index contributed by atoms with van der Waals surface area (Å²) in [5, 5.41) is 9.93. The molecular weight excluding hydrogens is 539 g/mol. The fourth-order valence-corrected chi connectivity index (χ4v) is 8.34. The zero-order valence-electron chi connectivity index (χ0n) is 23.2. The number of benzene rings is 2. The highest BCUT2D eigenvalue weighted by molar-refractivity contribution is 6.99. The summed E-state index contributed by atoms with van der Waals surface area (Å²) in [6.07, 6.45) is 7.09. The molecule has 214 valence electrons. The largest absolute Gasteiger partial charge is 0.491 e. The first kappa shape index (κ1) is 26.5. The number of nitrogens with zero attached hydrogens (tertiary/aromatic N) is 6. The van der Waals surface area contributed by atoms with Gasteiger partial charge >= 0.3 is 0 Å². The topological polar surface area (TPSA) is 87.4 Å². The Labute approximate surface area is 243 Å². The number of aromatic hydroxyl groups is 1. The minimum absolute atomic E-state index is 0.0219. The second-order valence-electron chi connectivity index (χ2n) is 12.0. The van der Waals surface area contributed by atoms with Crippen molar-refractivity contribution >= 4 is 28.7 Å². The minimum atomic E-state index is -0.306. The summed E-state index contributed by atoms with van der Waals surface area (Å²) in [5.41, 5.74) is 3.13. The lowest BCUT2D eigenvalue weighted by Crippen LogP contribution is -2.49. The number of carbonyl (C=O) groups excluding carboxylic acids is 1. The molecule has 8 nitrogen and oxygen atoms in total. The molecule has 41 heavy (non-hydrogen) atoms. The first-order valence-electron chi connectivity index (χ1n) is 14.7. The predicted octanol–water partition coefficient (Wildman–Crippen LogP) is 5.47. The molecule has 3 saturated heterocycles. The zero-order chi connectivity index (χ0) is 28.1. The monoisotopic (exact) mass is 574 g/mol. The molecule has 5 heterocycles. The molecule has 1 N–H and O–H groups in total. The highest BCUT2D eigenvalue weighted by atomic mass is 32.1. The van der Waals surface area contributed by atoms with Crippen LogP contribution >= 0.6 is 11.7 Å². The Balaban J connectivity index is 1.08. The van der Waals surface area contributed by atoms with E-state index in [-0.39, 0.29) is 28.7 Å². The molecule has 4 aromatic rings. The van der Waals surface area contributed by atoms with Crippen molar-refractivity contribution < 1.29 is 14.3 Å². The van der Waals surface area contributed by atoms with Crippen molar-refractivity contribution in [3.8, 4) is 5.88 Å². The van der Waals surface area contributed by atoms with Crippen LogP contribution in [0.2, 0.25) is 0 Å². The number of imidazole rings is 1. The van der Waals surface area contributed by atoms with Gasteiger partial charge in [0.25, 0.3) is 11.8 Å². The molecule has 1 amide bonds. The number of rotatable bonds is 6. The lowest BCUT2D eigenvalue weighted by molar-refractivity contribution is 0.0600. The third kappa shape index (κ3) is 4.70. The van der Waals surface area contributed by atoms with Crippen LogP contribution in [0.5, 0.6) is 5.88 Å². The molecule has 2 bridgehead atoms. The Morgan fingerprint density at radius 2 is 1.80 bits per heavy atom. The summed E-state index contributed by atoms with van der Waals surface area (Å²) in [7, 11) is 0. The third-order valence-corrected chi connectivity index (χ3v) is 10.5. The summed E-state index contributed by atoms with van der Waals surface area (Å²) >= 11 is 0.838. The maximum atomic E-state index is 14.5. The van der Waals surface area contributed by atoms with E-state index in [0.717, 1.165) is 67.3 Å². The normalized spacial score (nSPS) is 24.2. The van der Waals surface area contributed by atoms with Gasteiger partial charge in [-0.15, -0.1) is 4.37 Å². The third-order valence-electron chi connectivity index (χ3n) is 9.96. The van der Waals surface area contributed by atoms with Crippen LogP contribution in [0.3, 0.4) is 0 Å². The van der Waals surface area contributed by atoms with Gasteiger partial charge in [-0.05, 0) is 93.7 Å². The molecule has 2 aromatic heterocycles. The van der Waals surface area contributed by atoms with Gasteiger partial charge in [-0.1, -0.05) is 24.3 Å². The van der Waals surface area contributed by atoms with Crippen LogP contribution in [-0.2, 0) is 5.41 Å². The van der Waals surface area contributed by atoms with E-state index in [1.807, 2.05) is 6.07 Å². The number of likely N-dealkylation sites (tertiary alicyclic amines) is 1. The number of halogens is 1. The van der Waals surface area contributed by atoms with E-state index in [0.29, 0.717) is 31.2 Å². The van der Waals surface area contributed by atoms with Gasteiger partial charge in [0.1, 0.15) is 11.6 Å². The molecule has 0 aliphatic carbocycles. The molecule has 1 unspecified atom stereocenters. The van der Waals surface area contributed by atoms with Crippen LogP contribution in [-0.4, -0.2) is 70.8 Å². The highest BCUT2D eigenvalue weighted by Crippen LogP contribution is 2.45. The Morgan fingerprint density at radius 3 is 2.51 bits per heavy atom. The number of aryl methyl sites for hydroxylation is 1. The van der Waals surface area contributed by atoms with Gasteiger partial charge in [0.2, 0.25) is 5.69 Å². The number of para-hydroxylation sites is 2. The van der Waals surface area contributed by atoms with E-state index in [1.165, 1.54) is 24.4 Å². The van der Waals surface area contributed by atoms with Crippen molar-refractivity contribution in [1.29, 1.82) is 0 Å². The average Bonchev–Trinajstić information content (AvgIpc) is 3.63. The fraction of sp³-hybridized carbons (Fsp3) is 0.484. The van der Waals surface area contributed by atoms with Gasteiger partial charge in [-0.3, -0.25) is 9.69 Å². The van der Waals surface area contributed by atoms with Crippen molar-refractivity contribution in [2.75, 3.05) is 19.6 Å². The van der Waals surface area contributed by atoms with E-state index in [4.69, 9.17) is 4.98 Å². The molecule has 0 radical (unpaired) electrons. The van der Waals surface area contributed by atoms with E-state index in [2.05, 4.69) is 49.4 Å². The standard InChI is InChI=1S/C31H35FN6O2S/c1-20-33-26-7-2-3-8-27(26)38(20)25-18-23-9-10-24(19-25)37(23)16-13-31(21-5-4-6-22(32)17-21)11-14-36(15-12-31)30(40)28-29(39)35-41-34-28/h2-8,17,23-25H,9-16,18-19H2,1H3,(H,35,39)/t23-,24+,25?. The number of hydrogen-bond donors (Lipinski definition) is 1. The number of amides is 1. The van der Waals surface area contributed by atoms with Crippen molar-refractivity contribution in [2.45, 2.75) is 75.4 Å². The molecule has 3 aliphatic heterocycles. The van der Waals surface area contributed by atoms with Gasteiger partial charge in [0.05, 0.1) is 22.8 Å². The molecule has 0 saturated carbocycles. The molecule has 3 atom stereocenters. The molecular formula is C31H35FN6O2S. The highest BCUT2D eigenvalue weighted by Gasteiger charge is 2.44. The van der Waals surface area contributed by atoms with Crippen molar-refractivity contribution in [2.24, 2.45) is 0 Å². The first-order chi connectivity index (χ1) is 19.9. The number of carbonyl (C=O) groups is 1. The van der Waals surface area contributed by atoms with Gasteiger partial charge in [0, 0.05) is 31.2 Å². The second-order valence-corrected chi connectivity index (χ2v) is 12.6. The lowest BCUT2D eigenvalue weighted by atomic mass is 9.70. The van der Waals surface area contributed by atoms with Crippen LogP contribution in [0.25, 0.3) is 11.0 Å². The SMILES string of the molecule is Cc1nc2ccccc2n1C1C[C@H]2CC[C@@H](C1)N2CCC1(c2cccc(F)c2)CCN(C(=O)c2nsnc2O)CC1. The summed E-state index contributed by atoms with van der Waals surface area (Å²) in [5.74, 6) is 0.283. The quantitative estimate of drug-likeness (QED) is 0.329. The van der Waals surface area contributed by atoms with Crippen LogP contribution in [0, 0.1) is 12.7 Å². The van der Waals surface area contributed by atoms with E-state index < -0.39 is 0 Å². The maximum absolute atomic E-state index is 14.5. The van der Waals surface area contributed by atoms with Crippen molar-refractivity contribution in [1.82, 2.24) is 28.1 Å². The molecule has 7 rings (SSSR count). The number of hydrogen-bond acceptors (Lipinski definition) is 7. The Morgan fingerprint density at radius 1 is 1.05 bits per heavy atom. The van der Waals surface area contributed by atoms with E-state index >= 15 is 0 Å². The second kappa shape index (κ2) is 10.5. The zero-order valence-corrected chi connectivity index (χ0v) is 24.1. The Kier molecular flexibility index (Phi) is 6.78. The van der Waals surface area contributed by atoms with Crippen LogP contribution in [0.4, 0.5) is 4.39 Å². The number of piperidine rings is 2. The number of fused-ring (bicyclic) bond motifs is 3. The number of aromatic nitrogens is 4. The average molecular weight is 575 g/mol. The summed E-state index contributed by atoms with van der Waals surface area (Å²) < 4.78 is 24.7. The molecule has 2 aromatic carbocycles. The maximum Gasteiger partial charge on any atom is 0.279 e. The molecule has 0 spiro atoms. The van der Waals surface area contributed by atoms with Crippen LogP contribution in [0.15, 0.2) is 48.5 Å². The summed E-state index contributed by atoms with van der Waals surface area (Å²) in [6, 6.07) is 17.0. The van der Waals surface area contributed by atoms with Crippen molar-refractivity contribution in [3.63, 3.8) is 0 Å². The smallest absolute Gasteiger partial charge is 0.279 e. The van der Waals surface area contributed by atoms with E-state index in [9.17, 15) is 14.3 Å². The first-order valence-corrected chi connectivity index (χ1v) is 15.4. The van der Waals surface area contributed by atoms with Gasteiger partial charge < -0.3 is 14.6 Å². The Hall–Kier alpha value is -3.37. The molecule has 10 heteroatoms. The van der Waals surface area contributed by atoms with Gasteiger partial charge in [-0.25, -0.2) is 9.37 Å². The summed E-state index contributed by atoms with van der Waals surface area (Å²) in [4.78, 5) is 22.3. The lowest BCUT2D eigenvalue weighted by Gasteiger charge is -2.45.